The van der Waals surface area contributed by atoms with E-state index in [-0.39, 0.29) is 0 Å². The van der Waals surface area contributed by atoms with Crippen molar-refractivity contribution in [2.24, 2.45) is 0 Å². The van der Waals surface area contributed by atoms with Gasteiger partial charge >= 0.3 is 0 Å². The number of benzene rings is 1. The fourth-order valence-electron chi connectivity index (χ4n) is 2.19. The third-order valence-electron chi connectivity index (χ3n) is 3.35. The molecule has 4 nitrogen and oxygen atoms in total. The van der Waals surface area contributed by atoms with Crippen molar-refractivity contribution in [1.82, 2.24) is 4.98 Å². The van der Waals surface area contributed by atoms with Gasteiger partial charge in [0.05, 0.1) is 26.4 Å². The second-order valence-corrected chi connectivity index (χ2v) is 4.79. The molecule has 0 amide bonds. The molecule has 0 aliphatic carbocycles. The van der Waals surface area contributed by atoms with Crippen LogP contribution in [-0.2, 0) is 18.0 Å². The molecule has 0 saturated heterocycles. The van der Waals surface area contributed by atoms with Crippen LogP contribution in [0.5, 0.6) is 5.88 Å². The van der Waals surface area contributed by atoms with Gasteiger partial charge in [0.25, 0.3) is 0 Å². The molecule has 112 valence electrons. The number of aromatic nitrogens is 1. The van der Waals surface area contributed by atoms with E-state index in [1.54, 1.807) is 13.3 Å². The van der Waals surface area contributed by atoms with Gasteiger partial charge in [-0.2, -0.15) is 0 Å². The molecule has 1 N–H and O–H groups in total. The van der Waals surface area contributed by atoms with Gasteiger partial charge in [0.15, 0.2) is 0 Å². The molecule has 0 aliphatic heterocycles. The number of methoxy groups -OCH3 is 1. The van der Waals surface area contributed by atoms with Crippen LogP contribution in [0.2, 0.25) is 0 Å². The minimum atomic E-state index is -0.530. The highest BCUT2D eigenvalue weighted by Gasteiger charge is 2.16. The molecule has 1 aromatic heterocycles. The Morgan fingerprint density at radius 3 is 2.57 bits per heavy atom. The van der Waals surface area contributed by atoms with Crippen molar-refractivity contribution in [3.8, 4) is 5.88 Å². The first-order chi connectivity index (χ1) is 10.3. The van der Waals surface area contributed by atoms with Crippen molar-refractivity contribution in [2.75, 3.05) is 7.11 Å². The molecule has 0 fully saturated rings. The summed E-state index contributed by atoms with van der Waals surface area (Å²) in [5.41, 5.74) is 2.74. The molecule has 0 spiro atoms. The normalized spacial score (nSPS) is 12.1. The van der Waals surface area contributed by atoms with Gasteiger partial charge in [-0.25, -0.2) is 4.98 Å². The van der Waals surface area contributed by atoms with Crippen LogP contribution >= 0.6 is 0 Å². The van der Waals surface area contributed by atoms with Crippen molar-refractivity contribution >= 4 is 0 Å². The van der Waals surface area contributed by atoms with Gasteiger partial charge in [0.2, 0.25) is 5.88 Å². The topological polar surface area (TPSA) is 51.6 Å². The lowest BCUT2D eigenvalue weighted by molar-refractivity contribution is 0.1000. The highest BCUT2D eigenvalue weighted by Crippen LogP contribution is 2.27. The van der Waals surface area contributed by atoms with Gasteiger partial charge in [-0.1, -0.05) is 37.3 Å². The largest absolute Gasteiger partial charge is 0.481 e. The second-order valence-electron chi connectivity index (χ2n) is 4.79. The molecule has 2 aromatic rings. The number of ether oxygens (including phenoxy) is 2. The Hall–Kier alpha value is -1.91. The fourth-order valence-corrected chi connectivity index (χ4v) is 2.19. The Bertz CT molecular complexity index is 557. The summed E-state index contributed by atoms with van der Waals surface area (Å²) in [5.74, 6) is 0.507. The first-order valence-electron chi connectivity index (χ1n) is 7.07. The van der Waals surface area contributed by atoms with Crippen LogP contribution in [0.3, 0.4) is 0 Å². The Balaban J connectivity index is 2.10. The number of aliphatic hydroxyl groups is 1. The minimum Gasteiger partial charge on any atom is -0.481 e. The molecule has 0 bridgehead atoms. The summed E-state index contributed by atoms with van der Waals surface area (Å²) in [5, 5.41) is 10.1. The molecule has 2 rings (SSSR count). The molecule has 4 heteroatoms. The maximum absolute atomic E-state index is 10.1. The predicted molar refractivity (Wildman–Crippen MR) is 81.0 cm³/mol. The number of aliphatic hydroxyl groups excluding tert-OH is 1. The Labute approximate surface area is 125 Å². The highest BCUT2D eigenvalue weighted by atomic mass is 16.5. The quantitative estimate of drug-likeness (QED) is 0.849. The second kappa shape index (κ2) is 7.76. The zero-order chi connectivity index (χ0) is 15.1. The molecule has 1 atom stereocenters. The SMILES string of the molecule is CCC(O)c1ccnc(OC)c1COCc1ccccc1. The van der Waals surface area contributed by atoms with E-state index in [9.17, 15) is 5.11 Å². The van der Waals surface area contributed by atoms with Crippen LogP contribution in [-0.4, -0.2) is 17.2 Å². The van der Waals surface area contributed by atoms with Gasteiger partial charge in [-0.3, -0.25) is 0 Å². The summed E-state index contributed by atoms with van der Waals surface area (Å²) in [4.78, 5) is 4.19. The summed E-state index contributed by atoms with van der Waals surface area (Å²) in [6.45, 7) is 2.81. The predicted octanol–water partition coefficient (Wildman–Crippen LogP) is 3.25. The van der Waals surface area contributed by atoms with Crippen molar-refractivity contribution in [2.45, 2.75) is 32.7 Å². The maximum atomic E-state index is 10.1. The molecular weight excluding hydrogens is 266 g/mol. The summed E-state index contributed by atoms with van der Waals surface area (Å²) >= 11 is 0. The first-order valence-corrected chi connectivity index (χ1v) is 7.07. The van der Waals surface area contributed by atoms with Crippen LogP contribution < -0.4 is 4.74 Å². The van der Waals surface area contributed by atoms with E-state index >= 15 is 0 Å². The average molecular weight is 287 g/mol. The molecule has 1 aromatic carbocycles. The lowest BCUT2D eigenvalue weighted by Gasteiger charge is -2.16. The number of rotatable bonds is 7. The molecular formula is C17H21NO3. The van der Waals surface area contributed by atoms with E-state index in [0.29, 0.717) is 25.5 Å². The average Bonchev–Trinajstić information content (AvgIpc) is 2.55. The van der Waals surface area contributed by atoms with E-state index in [4.69, 9.17) is 9.47 Å². The third kappa shape index (κ3) is 4.03. The Morgan fingerprint density at radius 2 is 1.90 bits per heavy atom. The summed E-state index contributed by atoms with van der Waals surface area (Å²) in [6, 6.07) is 11.8. The number of pyridine rings is 1. The van der Waals surface area contributed by atoms with E-state index in [1.165, 1.54) is 0 Å². The van der Waals surface area contributed by atoms with E-state index in [0.717, 1.165) is 16.7 Å². The van der Waals surface area contributed by atoms with E-state index in [2.05, 4.69) is 4.98 Å². The first kappa shape index (κ1) is 15.5. The summed E-state index contributed by atoms with van der Waals surface area (Å²) in [7, 11) is 1.57. The molecule has 1 unspecified atom stereocenters. The number of hydrogen-bond acceptors (Lipinski definition) is 4. The van der Waals surface area contributed by atoms with Crippen molar-refractivity contribution in [3.05, 3.63) is 59.3 Å². The van der Waals surface area contributed by atoms with Crippen molar-refractivity contribution < 1.29 is 14.6 Å². The highest BCUT2D eigenvalue weighted by molar-refractivity contribution is 5.35. The fraction of sp³-hybridized carbons (Fsp3) is 0.353. The standard InChI is InChI=1S/C17H21NO3/c1-3-16(19)14-9-10-18-17(20-2)15(14)12-21-11-13-7-5-4-6-8-13/h4-10,16,19H,3,11-12H2,1-2H3. The van der Waals surface area contributed by atoms with Crippen molar-refractivity contribution in [3.63, 3.8) is 0 Å². The van der Waals surface area contributed by atoms with Gasteiger partial charge in [-0.15, -0.1) is 0 Å². The van der Waals surface area contributed by atoms with Gasteiger partial charge in [0, 0.05) is 11.8 Å². The minimum absolute atomic E-state index is 0.359. The third-order valence-corrected chi connectivity index (χ3v) is 3.35. The molecule has 21 heavy (non-hydrogen) atoms. The zero-order valence-electron chi connectivity index (χ0n) is 12.5. The van der Waals surface area contributed by atoms with E-state index < -0.39 is 6.10 Å². The van der Waals surface area contributed by atoms with Crippen LogP contribution in [0, 0.1) is 0 Å². The van der Waals surface area contributed by atoms with Crippen LogP contribution in [0.15, 0.2) is 42.6 Å². The lowest BCUT2D eigenvalue weighted by Crippen LogP contribution is -2.07. The zero-order valence-corrected chi connectivity index (χ0v) is 12.5. The van der Waals surface area contributed by atoms with Crippen LogP contribution in [0.4, 0.5) is 0 Å². The van der Waals surface area contributed by atoms with E-state index in [1.807, 2.05) is 43.3 Å². The van der Waals surface area contributed by atoms with Gasteiger partial charge < -0.3 is 14.6 Å². The summed E-state index contributed by atoms with van der Waals surface area (Å²) in [6.07, 6.45) is 1.75. The summed E-state index contributed by atoms with van der Waals surface area (Å²) < 4.78 is 11.0. The number of hydrogen-bond donors (Lipinski definition) is 1. The Morgan fingerprint density at radius 1 is 1.14 bits per heavy atom. The van der Waals surface area contributed by atoms with Gasteiger partial charge in [-0.05, 0) is 23.6 Å². The van der Waals surface area contributed by atoms with Crippen LogP contribution in [0.25, 0.3) is 0 Å². The molecule has 0 radical (unpaired) electrons. The number of nitrogens with zero attached hydrogens (tertiary/aromatic N) is 1. The Kier molecular flexibility index (Phi) is 5.72. The molecule has 0 saturated carbocycles. The smallest absolute Gasteiger partial charge is 0.218 e. The molecule has 1 heterocycles. The van der Waals surface area contributed by atoms with Crippen molar-refractivity contribution in [1.29, 1.82) is 0 Å². The monoisotopic (exact) mass is 287 g/mol. The maximum Gasteiger partial charge on any atom is 0.218 e. The van der Waals surface area contributed by atoms with Crippen LogP contribution in [0.1, 0.15) is 36.1 Å². The van der Waals surface area contributed by atoms with Gasteiger partial charge in [0.1, 0.15) is 0 Å². The molecule has 0 aliphatic rings. The lowest BCUT2D eigenvalue weighted by atomic mass is 10.0.